The lowest BCUT2D eigenvalue weighted by Crippen LogP contribution is -2.45. The summed E-state index contributed by atoms with van der Waals surface area (Å²) in [6.07, 6.45) is 3.56. The van der Waals surface area contributed by atoms with Gasteiger partial charge in [0.25, 0.3) is 0 Å². The van der Waals surface area contributed by atoms with Gasteiger partial charge in [-0.2, -0.15) is 5.26 Å². The predicted molar refractivity (Wildman–Crippen MR) is 68.2 cm³/mol. The van der Waals surface area contributed by atoms with Crippen LogP contribution in [0.25, 0.3) is 0 Å². The molecule has 1 aromatic rings. The van der Waals surface area contributed by atoms with Gasteiger partial charge in [-0.25, -0.2) is 9.97 Å². The molecule has 0 aromatic carbocycles. The van der Waals surface area contributed by atoms with Crippen molar-refractivity contribution in [2.75, 3.05) is 44.4 Å². The van der Waals surface area contributed by atoms with E-state index in [0.717, 1.165) is 37.2 Å². The second kappa shape index (κ2) is 5.34. The highest BCUT2D eigenvalue weighted by molar-refractivity contribution is 7.98. The lowest BCUT2D eigenvalue weighted by atomic mass is 10.2. The van der Waals surface area contributed by atoms with Gasteiger partial charge in [0.1, 0.15) is 11.6 Å². The van der Waals surface area contributed by atoms with Crippen LogP contribution in [0.2, 0.25) is 0 Å². The maximum Gasteiger partial charge on any atom is 0.189 e. The van der Waals surface area contributed by atoms with Crippen LogP contribution in [0.5, 0.6) is 0 Å². The first-order valence-corrected chi connectivity index (χ1v) is 6.71. The Morgan fingerprint density at radius 2 is 2.06 bits per heavy atom. The Bertz CT molecular complexity index is 434. The average molecular weight is 249 g/mol. The minimum atomic E-state index is 0.562. The molecule has 90 valence electrons. The zero-order chi connectivity index (χ0) is 12.3. The van der Waals surface area contributed by atoms with Crippen molar-refractivity contribution in [1.29, 1.82) is 5.26 Å². The van der Waals surface area contributed by atoms with E-state index < -0.39 is 0 Å². The van der Waals surface area contributed by atoms with Crippen LogP contribution in [0.3, 0.4) is 0 Å². The Balaban J connectivity index is 2.27. The van der Waals surface area contributed by atoms with Crippen LogP contribution < -0.4 is 4.90 Å². The Labute approximate surface area is 105 Å². The van der Waals surface area contributed by atoms with Crippen LogP contribution in [0.15, 0.2) is 11.4 Å². The van der Waals surface area contributed by atoms with Crippen molar-refractivity contribution in [1.82, 2.24) is 14.9 Å². The van der Waals surface area contributed by atoms with Crippen molar-refractivity contribution < 1.29 is 0 Å². The molecular weight excluding hydrogens is 234 g/mol. The standard InChI is InChI=1S/C11H15N5S/c1-15-3-5-16(6-4-15)10-9(7-12)8-13-11(14-10)17-2/h8H,3-6H2,1-2H3. The molecule has 17 heavy (non-hydrogen) atoms. The lowest BCUT2D eigenvalue weighted by molar-refractivity contribution is 0.311. The van der Waals surface area contributed by atoms with Gasteiger partial charge in [0.05, 0.1) is 6.20 Å². The predicted octanol–water partition coefficient (Wildman–Crippen LogP) is 0.822. The highest BCUT2D eigenvalue weighted by Crippen LogP contribution is 2.20. The number of thioether (sulfide) groups is 1. The second-order valence-electron chi connectivity index (χ2n) is 4.00. The Kier molecular flexibility index (Phi) is 3.82. The van der Waals surface area contributed by atoms with Gasteiger partial charge in [-0.3, -0.25) is 0 Å². The number of nitriles is 1. The van der Waals surface area contributed by atoms with E-state index in [1.807, 2.05) is 6.26 Å². The number of anilines is 1. The van der Waals surface area contributed by atoms with Crippen molar-refractivity contribution in [2.24, 2.45) is 0 Å². The molecule has 0 aliphatic carbocycles. The number of hydrogen-bond acceptors (Lipinski definition) is 6. The minimum absolute atomic E-state index is 0.562. The van der Waals surface area contributed by atoms with Gasteiger partial charge in [0.2, 0.25) is 0 Å². The molecule has 0 amide bonds. The molecule has 1 fully saturated rings. The fourth-order valence-electron chi connectivity index (χ4n) is 1.79. The van der Waals surface area contributed by atoms with Crippen LogP contribution >= 0.6 is 11.8 Å². The minimum Gasteiger partial charge on any atom is -0.353 e. The summed E-state index contributed by atoms with van der Waals surface area (Å²) in [7, 11) is 2.11. The third kappa shape index (κ3) is 2.68. The fourth-order valence-corrected chi connectivity index (χ4v) is 2.13. The molecule has 0 atom stereocenters. The van der Waals surface area contributed by atoms with Crippen molar-refractivity contribution in [3.63, 3.8) is 0 Å². The van der Waals surface area contributed by atoms with Crippen LogP contribution in [0.1, 0.15) is 5.56 Å². The fraction of sp³-hybridized carbons (Fsp3) is 0.545. The number of likely N-dealkylation sites (N-methyl/N-ethyl adjacent to an activating group) is 1. The summed E-state index contributed by atoms with van der Waals surface area (Å²) in [6.45, 7) is 3.83. The molecule has 0 N–H and O–H groups in total. The number of nitrogens with zero attached hydrogens (tertiary/aromatic N) is 5. The Hall–Kier alpha value is -1.32. The van der Waals surface area contributed by atoms with Crippen LogP contribution in [0.4, 0.5) is 5.82 Å². The molecule has 0 bridgehead atoms. The van der Waals surface area contributed by atoms with Crippen LogP contribution in [-0.4, -0.2) is 54.4 Å². The molecule has 0 saturated carbocycles. The smallest absolute Gasteiger partial charge is 0.189 e. The molecule has 1 saturated heterocycles. The first kappa shape index (κ1) is 12.1. The van der Waals surface area contributed by atoms with Crippen LogP contribution in [0, 0.1) is 11.3 Å². The van der Waals surface area contributed by atoms with Crippen molar-refractivity contribution >= 4 is 17.6 Å². The van der Waals surface area contributed by atoms with Gasteiger partial charge >= 0.3 is 0 Å². The highest BCUT2D eigenvalue weighted by atomic mass is 32.2. The van der Waals surface area contributed by atoms with E-state index in [1.54, 1.807) is 6.20 Å². The lowest BCUT2D eigenvalue weighted by Gasteiger charge is -2.33. The first-order chi connectivity index (χ1) is 8.24. The quantitative estimate of drug-likeness (QED) is 0.571. The molecule has 1 aromatic heterocycles. The normalized spacial score (nSPS) is 16.9. The van der Waals surface area contributed by atoms with Gasteiger partial charge in [0, 0.05) is 26.2 Å². The Morgan fingerprint density at radius 1 is 1.35 bits per heavy atom. The SMILES string of the molecule is CSc1ncc(C#N)c(N2CCN(C)CC2)n1. The van der Waals surface area contributed by atoms with E-state index in [-0.39, 0.29) is 0 Å². The summed E-state index contributed by atoms with van der Waals surface area (Å²) in [5, 5.41) is 9.81. The monoisotopic (exact) mass is 249 g/mol. The van der Waals surface area contributed by atoms with Crippen molar-refractivity contribution in [2.45, 2.75) is 5.16 Å². The maximum absolute atomic E-state index is 9.09. The summed E-state index contributed by atoms with van der Waals surface area (Å²) >= 11 is 1.50. The molecule has 2 heterocycles. The molecule has 0 unspecified atom stereocenters. The van der Waals surface area contributed by atoms with Crippen molar-refractivity contribution in [3.05, 3.63) is 11.8 Å². The average Bonchev–Trinajstić information content (AvgIpc) is 2.39. The molecule has 1 aliphatic heterocycles. The van der Waals surface area contributed by atoms with Gasteiger partial charge in [-0.1, -0.05) is 11.8 Å². The third-order valence-electron chi connectivity index (χ3n) is 2.85. The first-order valence-electron chi connectivity index (χ1n) is 5.49. The Morgan fingerprint density at radius 3 is 2.65 bits per heavy atom. The summed E-state index contributed by atoms with van der Waals surface area (Å²) in [4.78, 5) is 13.0. The van der Waals surface area contributed by atoms with E-state index in [9.17, 15) is 0 Å². The summed E-state index contributed by atoms with van der Waals surface area (Å²) in [6, 6.07) is 2.17. The van der Waals surface area contributed by atoms with E-state index >= 15 is 0 Å². The molecule has 2 rings (SSSR count). The largest absolute Gasteiger partial charge is 0.353 e. The summed E-state index contributed by atoms with van der Waals surface area (Å²) < 4.78 is 0. The molecule has 6 heteroatoms. The number of aromatic nitrogens is 2. The number of rotatable bonds is 2. The second-order valence-corrected chi connectivity index (χ2v) is 4.77. The zero-order valence-corrected chi connectivity index (χ0v) is 10.9. The van der Waals surface area contributed by atoms with E-state index in [4.69, 9.17) is 5.26 Å². The summed E-state index contributed by atoms with van der Waals surface area (Å²) in [5.74, 6) is 0.778. The van der Waals surface area contributed by atoms with Crippen molar-refractivity contribution in [3.8, 4) is 6.07 Å². The van der Waals surface area contributed by atoms with Gasteiger partial charge in [0.15, 0.2) is 11.0 Å². The molecule has 1 aliphatic rings. The summed E-state index contributed by atoms with van der Waals surface area (Å²) in [5.41, 5.74) is 0.562. The van der Waals surface area contributed by atoms with Gasteiger partial charge in [-0.05, 0) is 13.3 Å². The molecular formula is C11H15N5S. The number of piperazine rings is 1. The van der Waals surface area contributed by atoms with Crippen LogP contribution in [-0.2, 0) is 0 Å². The molecule has 5 nitrogen and oxygen atoms in total. The van der Waals surface area contributed by atoms with E-state index in [0.29, 0.717) is 5.56 Å². The molecule has 0 spiro atoms. The van der Waals surface area contributed by atoms with Gasteiger partial charge < -0.3 is 9.80 Å². The number of hydrogen-bond donors (Lipinski definition) is 0. The van der Waals surface area contributed by atoms with E-state index in [2.05, 4.69) is 32.9 Å². The topological polar surface area (TPSA) is 56.1 Å². The third-order valence-corrected chi connectivity index (χ3v) is 3.41. The molecule has 0 radical (unpaired) electrons. The maximum atomic E-state index is 9.09. The van der Waals surface area contributed by atoms with Gasteiger partial charge in [-0.15, -0.1) is 0 Å². The zero-order valence-electron chi connectivity index (χ0n) is 10.1. The van der Waals surface area contributed by atoms with E-state index in [1.165, 1.54) is 11.8 Å². The highest BCUT2D eigenvalue weighted by Gasteiger charge is 2.19.